The summed E-state index contributed by atoms with van der Waals surface area (Å²) in [4.78, 5) is 40.2. The van der Waals surface area contributed by atoms with Gasteiger partial charge in [0.1, 0.15) is 18.5 Å². The van der Waals surface area contributed by atoms with Crippen LogP contribution in [0.15, 0.2) is 48.5 Å². The van der Waals surface area contributed by atoms with E-state index in [-0.39, 0.29) is 54.9 Å². The van der Waals surface area contributed by atoms with Crippen molar-refractivity contribution >= 4 is 29.1 Å². The molecule has 5 rings (SSSR count). The van der Waals surface area contributed by atoms with E-state index in [2.05, 4.69) is 10.6 Å². The zero-order valence-electron chi connectivity index (χ0n) is 20.6. The maximum Gasteiger partial charge on any atom is 0.257 e. The highest BCUT2D eigenvalue weighted by Gasteiger charge is 2.39. The number of para-hydroxylation sites is 1. The maximum absolute atomic E-state index is 13.4. The molecule has 190 valence electrons. The second-order valence-corrected chi connectivity index (χ2v) is 9.97. The van der Waals surface area contributed by atoms with Gasteiger partial charge < -0.3 is 25.0 Å². The summed E-state index contributed by atoms with van der Waals surface area (Å²) in [6.45, 7) is 0.278. The lowest BCUT2D eigenvalue weighted by Crippen LogP contribution is -2.53. The normalized spacial score (nSPS) is 24.1. The number of rotatable bonds is 5. The summed E-state index contributed by atoms with van der Waals surface area (Å²) in [7, 11) is 1.78. The molecule has 0 spiro atoms. The number of fused-ring (bicyclic) bond motifs is 2. The minimum absolute atomic E-state index is 0.0168. The molecule has 3 atom stereocenters. The van der Waals surface area contributed by atoms with Crippen molar-refractivity contribution in [3.05, 3.63) is 54.1 Å². The fourth-order valence-corrected chi connectivity index (χ4v) is 5.48. The highest BCUT2D eigenvalue weighted by Crippen LogP contribution is 2.33. The van der Waals surface area contributed by atoms with Gasteiger partial charge in [-0.1, -0.05) is 31.0 Å². The summed E-state index contributed by atoms with van der Waals surface area (Å²) in [5, 5.41) is 5.88. The van der Waals surface area contributed by atoms with Crippen LogP contribution in [0.2, 0.25) is 0 Å². The van der Waals surface area contributed by atoms with Crippen LogP contribution in [0.25, 0.3) is 0 Å². The molecule has 8 nitrogen and oxygen atoms in total. The van der Waals surface area contributed by atoms with E-state index >= 15 is 0 Å². The summed E-state index contributed by atoms with van der Waals surface area (Å²) in [5.41, 5.74) is 1.80. The van der Waals surface area contributed by atoms with Crippen LogP contribution in [0, 0.1) is 5.92 Å². The molecule has 2 aromatic rings. The molecule has 2 N–H and O–H groups in total. The number of anilines is 2. The molecule has 0 radical (unpaired) electrons. The second-order valence-electron chi connectivity index (χ2n) is 9.97. The molecule has 1 aliphatic carbocycles. The van der Waals surface area contributed by atoms with Crippen molar-refractivity contribution in [1.82, 2.24) is 4.90 Å². The van der Waals surface area contributed by atoms with Crippen LogP contribution < -0.4 is 15.4 Å². The molecule has 2 aliphatic heterocycles. The molecule has 2 heterocycles. The highest BCUT2D eigenvalue weighted by atomic mass is 16.5. The van der Waals surface area contributed by atoms with Crippen molar-refractivity contribution < 1.29 is 23.9 Å². The average molecular weight is 492 g/mol. The van der Waals surface area contributed by atoms with E-state index in [0.717, 1.165) is 31.4 Å². The SMILES string of the molecule is CN1C(=O)c2cc(NC(=O)C3CCCC3)ccc2OC[C@@H]2O[C@@H](CC(=O)Nc3ccccc3)CC[C@@H]21. The minimum Gasteiger partial charge on any atom is -0.490 e. The van der Waals surface area contributed by atoms with Gasteiger partial charge in [-0.3, -0.25) is 14.4 Å². The Morgan fingerprint density at radius 1 is 0.972 bits per heavy atom. The Morgan fingerprint density at radius 3 is 2.53 bits per heavy atom. The molecule has 2 fully saturated rings. The molecule has 3 aliphatic rings. The maximum atomic E-state index is 13.4. The third-order valence-electron chi connectivity index (χ3n) is 7.48. The molecule has 2 aromatic carbocycles. The van der Waals surface area contributed by atoms with Gasteiger partial charge >= 0.3 is 0 Å². The van der Waals surface area contributed by atoms with E-state index in [0.29, 0.717) is 29.8 Å². The number of carbonyl (C=O) groups excluding carboxylic acids is 3. The molecule has 1 saturated heterocycles. The first-order chi connectivity index (χ1) is 17.5. The van der Waals surface area contributed by atoms with Gasteiger partial charge in [-0.15, -0.1) is 0 Å². The summed E-state index contributed by atoms with van der Waals surface area (Å²) < 4.78 is 12.3. The van der Waals surface area contributed by atoms with Crippen molar-refractivity contribution in [2.45, 2.75) is 63.2 Å². The van der Waals surface area contributed by atoms with E-state index in [1.807, 2.05) is 30.3 Å². The lowest BCUT2D eigenvalue weighted by atomic mass is 9.94. The lowest BCUT2D eigenvalue weighted by Gasteiger charge is -2.42. The average Bonchev–Trinajstić information content (AvgIpc) is 3.42. The van der Waals surface area contributed by atoms with Crippen LogP contribution in [-0.4, -0.2) is 54.5 Å². The van der Waals surface area contributed by atoms with Crippen LogP contribution >= 0.6 is 0 Å². The first-order valence-electron chi connectivity index (χ1n) is 12.8. The first-order valence-corrected chi connectivity index (χ1v) is 12.8. The summed E-state index contributed by atoms with van der Waals surface area (Å²) in [6.07, 6.45) is 5.06. The Morgan fingerprint density at radius 2 is 1.75 bits per heavy atom. The predicted molar refractivity (Wildman–Crippen MR) is 136 cm³/mol. The van der Waals surface area contributed by atoms with Gasteiger partial charge in [-0.25, -0.2) is 0 Å². The van der Waals surface area contributed by atoms with E-state index in [4.69, 9.17) is 9.47 Å². The van der Waals surface area contributed by atoms with E-state index in [1.165, 1.54) is 0 Å². The number of benzene rings is 2. The van der Waals surface area contributed by atoms with Gasteiger partial charge in [0.2, 0.25) is 11.8 Å². The van der Waals surface area contributed by atoms with Gasteiger partial charge in [0.05, 0.1) is 24.1 Å². The Kier molecular flexibility index (Phi) is 7.23. The Bertz CT molecular complexity index is 1120. The van der Waals surface area contributed by atoms with Crippen LogP contribution in [0.4, 0.5) is 11.4 Å². The van der Waals surface area contributed by atoms with Crippen molar-refractivity contribution in [2.24, 2.45) is 5.92 Å². The first kappa shape index (κ1) is 24.3. The van der Waals surface area contributed by atoms with Crippen molar-refractivity contribution in [3.63, 3.8) is 0 Å². The number of hydrogen-bond acceptors (Lipinski definition) is 5. The van der Waals surface area contributed by atoms with Crippen LogP contribution in [0.5, 0.6) is 5.75 Å². The van der Waals surface area contributed by atoms with Gasteiger partial charge in [0.25, 0.3) is 5.91 Å². The Hall–Kier alpha value is -3.39. The van der Waals surface area contributed by atoms with Crippen LogP contribution in [0.3, 0.4) is 0 Å². The van der Waals surface area contributed by atoms with Crippen molar-refractivity contribution in [3.8, 4) is 5.75 Å². The zero-order chi connectivity index (χ0) is 25.1. The number of amides is 3. The van der Waals surface area contributed by atoms with Crippen LogP contribution in [-0.2, 0) is 14.3 Å². The topological polar surface area (TPSA) is 97.0 Å². The van der Waals surface area contributed by atoms with Crippen LogP contribution in [0.1, 0.15) is 55.3 Å². The van der Waals surface area contributed by atoms with Gasteiger partial charge in [0, 0.05) is 24.3 Å². The molecule has 0 aromatic heterocycles. The molecule has 3 amide bonds. The summed E-state index contributed by atoms with van der Waals surface area (Å²) in [6, 6.07) is 14.4. The Balaban J connectivity index is 1.24. The number of likely N-dealkylation sites (N-methyl/N-ethyl adjacent to an activating group) is 1. The zero-order valence-corrected chi connectivity index (χ0v) is 20.6. The predicted octanol–water partition coefficient (Wildman–Crippen LogP) is 4.22. The van der Waals surface area contributed by atoms with E-state index in [1.54, 1.807) is 30.1 Å². The largest absolute Gasteiger partial charge is 0.490 e. The summed E-state index contributed by atoms with van der Waals surface area (Å²) >= 11 is 0. The summed E-state index contributed by atoms with van der Waals surface area (Å²) in [5.74, 6) is 0.267. The number of nitrogens with zero attached hydrogens (tertiary/aromatic N) is 1. The third-order valence-corrected chi connectivity index (χ3v) is 7.48. The highest BCUT2D eigenvalue weighted by molar-refractivity contribution is 6.00. The third kappa shape index (κ3) is 5.38. The van der Waals surface area contributed by atoms with Crippen molar-refractivity contribution in [2.75, 3.05) is 24.3 Å². The lowest BCUT2D eigenvalue weighted by molar-refractivity contribution is -0.130. The number of hydrogen-bond donors (Lipinski definition) is 2. The second kappa shape index (κ2) is 10.7. The van der Waals surface area contributed by atoms with E-state index < -0.39 is 0 Å². The molecule has 0 unspecified atom stereocenters. The smallest absolute Gasteiger partial charge is 0.257 e. The van der Waals surface area contributed by atoms with Crippen molar-refractivity contribution in [1.29, 1.82) is 0 Å². The fraction of sp³-hybridized carbons (Fsp3) is 0.464. The molecular weight excluding hydrogens is 458 g/mol. The fourth-order valence-electron chi connectivity index (χ4n) is 5.48. The standard InChI is InChI=1S/C28H33N3O5/c1-31-23-13-12-21(16-26(32)29-19-9-3-2-4-10-19)36-25(23)17-35-24-14-11-20(15-22(24)28(31)34)30-27(33)18-7-5-6-8-18/h2-4,9-11,14-15,18,21,23,25H,5-8,12-13,16-17H2,1H3,(H,29,32)(H,30,33)/t21-,23+,25+/m1/s1. The Labute approximate surface area is 211 Å². The van der Waals surface area contributed by atoms with Gasteiger partial charge in [-0.05, 0) is 56.0 Å². The quantitative estimate of drug-likeness (QED) is 0.653. The molecule has 1 saturated carbocycles. The monoisotopic (exact) mass is 491 g/mol. The molecule has 8 heteroatoms. The van der Waals surface area contributed by atoms with E-state index in [9.17, 15) is 14.4 Å². The molecular formula is C28H33N3O5. The van der Waals surface area contributed by atoms with Gasteiger partial charge in [0.15, 0.2) is 0 Å². The molecule has 0 bridgehead atoms. The number of nitrogens with one attached hydrogen (secondary N) is 2. The minimum atomic E-state index is -0.336. The number of carbonyl (C=O) groups is 3. The van der Waals surface area contributed by atoms with Gasteiger partial charge in [-0.2, -0.15) is 0 Å². The number of ether oxygens (including phenoxy) is 2. The molecule has 36 heavy (non-hydrogen) atoms.